The van der Waals surface area contributed by atoms with E-state index in [4.69, 9.17) is 11.6 Å². The maximum Gasteiger partial charge on any atom is 0.326 e. The number of rotatable bonds is 0. The third kappa shape index (κ3) is 1.38. The van der Waals surface area contributed by atoms with Crippen molar-refractivity contribution in [2.75, 3.05) is 0 Å². The number of hydrogen-bond acceptors (Lipinski definition) is 2. The van der Waals surface area contributed by atoms with Gasteiger partial charge in [-0.15, -0.1) is 0 Å². The number of halogens is 2. The van der Waals surface area contributed by atoms with Crippen LogP contribution in [0.3, 0.4) is 0 Å². The second kappa shape index (κ2) is 3.25. The molecule has 0 saturated carbocycles. The van der Waals surface area contributed by atoms with Gasteiger partial charge in [-0.3, -0.25) is 9.78 Å². The summed E-state index contributed by atoms with van der Waals surface area (Å²) in [5.41, 5.74) is -0.537. The molecule has 0 aliphatic carbocycles. The number of benzene rings is 1. The van der Waals surface area contributed by atoms with E-state index in [2.05, 4.69) is 25.9 Å². The van der Waals surface area contributed by atoms with Gasteiger partial charge in [0.05, 0.1) is 20.4 Å². The van der Waals surface area contributed by atoms with Gasteiger partial charge in [-0.25, -0.2) is 4.79 Å². The van der Waals surface area contributed by atoms with Crippen molar-refractivity contribution in [3.8, 4) is 0 Å². The summed E-state index contributed by atoms with van der Waals surface area (Å²) in [5.74, 6) is 0. The van der Waals surface area contributed by atoms with Crippen molar-refractivity contribution < 1.29 is 0 Å². The Morgan fingerprint density at radius 2 is 1.93 bits per heavy atom. The van der Waals surface area contributed by atoms with Crippen LogP contribution < -0.4 is 11.2 Å². The molecule has 0 saturated heterocycles. The number of nitrogens with one attached hydrogen (secondary N) is 2. The summed E-state index contributed by atoms with van der Waals surface area (Å²) >= 11 is 8.99. The van der Waals surface area contributed by atoms with Gasteiger partial charge in [0, 0.05) is 0 Å². The minimum atomic E-state index is -0.531. The lowest BCUT2D eigenvalue weighted by molar-refractivity contribution is 1.08. The highest BCUT2D eigenvalue weighted by Gasteiger charge is 2.07. The lowest BCUT2D eigenvalue weighted by atomic mass is 10.2. The number of fused-ring (bicyclic) bond motifs is 1. The molecule has 0 fully saturated rings. The van der Waals surface area contributed by atoms with E-state index < -0.39 is 11.2 Å². The van der Waals surface area contributed by atoms with E-state index in [1.165, 1.54) is 0 Å². The predicted molar refractivity (Wildman–Crippen MR) is 57.9 cm³/mol. The highest BCUT2D eigenvalue weighted by molar-refractivity contribution is 9.10. The summed E-state index contributed by atoms with van der Waals surface area (Å²) in [4.78, 5) is 27.0. The summed E-state index contributed by atoms with van der Waals surface area (Å²) in [6.07, 6.45) is 0. The Bertz CT molecular complexity index is 617. The van der Waals surface area contributed by atoms with Gasteiger partial charge in [0.2, 0.25) is 0 Å². The Hall–Kier alpha value is -1.07. The number of aromatic nitrogens is 2. The quantitative estimate of drug-likeness (QED) is 0.767. The van der Waals surface area contributed by atoms with Crippen LogP contribution in [0, 0.1) is 0 Å². The second-order valence-corrected chi connectivity index (χ2v) is 3.89. The Balaban J connectivity index is 3.11. The Kier molecular flexibility index (Phi) is 2.20. The van der Waals surface area contributed by atoms with E-state index in [-0.39, 0.29) is 0 Å². The SMILES string of the molecule is O=c1[nH]c(=O)c2c(Br)c(Cl)ccc2[nH]1. The van der Waals surface area contributed by atoms with Gasteiger partial charge in [-0.05, 0) is 28.1 Å². The maximum atomic E-state index is 11.4. The van der Waals surface area contributed by atoms with Gasteiger partial charge in [-0.1, -0.05) is 11.6 Å². The molecule has 0 aliphatic heterocycles. The Labute approximate surface area is 91.0 Å². The molecular formula is C8H4BrClN2O2. The lowest BCUT2D eigenvalue weighted by Crippen LogP contribution is -2.22. The average Bonchev–Trinajstić information content (AvgIpc) is 2.10. The zero-order valence-corrected chi connectivity index (χ0v) is 9.07. The van der Waals surface area contributed by atoms with Crippen LogP contribution in [0.5, 0.6) is 0 Å². The van der Waals surface area contributed by atoms with Crippen LogP contribution >= 0.6 is 27.5 Å². The van der Waals surface area contributed by atoms with Crippen molar-refractivity contribution in [3.63, 3.8) is 0 Å². The molecule has 0 aliphatic rings. The molecule has 1 aromatic heterocycles. The van der Waals surface area contributed by atoms with Crippen LogP contribution in [0.4, 0.5) is 0 Å². The molecule has 1 heterocycles. The fourth-order valence-electron chi connectivity index (χ4n) is 1.20. The number of aromatic amines is 2. The zero-order chi connectivity index (χ0) is 10.3. The largest absolute Gasteiger partial charge is 0.326 e. The van der Waals surface area contributed by atoms with E-state index in [0.29, 0.717) is 20.4 Å². The summed E-state index contributed by atoms with van der Waals surface area (Å²) in [7, 11) is 0. The lowest BCUT2D eigenvalue weighted by Gasteiger charge is -2.00. The molecule has 2 aromatic rings. The van der Waals surface area contributed by atoms with Gasteiger partial charge in [0.25, 0.3) is 5.56 Å². The molecule has 6 heteroatoms. The van der Waals surface area contributed by atoms with E-state index in [9.17, 15) is 9.59 Å². The summed E-state index contributed by atoms with van der Waals surface area (Å²) in [5, 5.41) is 0.771. The fourth-order valence-corrected chi connectivity index (χ4v) is 1.88. The van der Waals surface area contributed by atoms with Crippen molar-refractivity contribution in [1.82, 2.24) is 9.97 Å². The number of H-pyrrole nitrogens is 2. The van der Waals surface area contributed by atoms with Crippen LogP contribution in [-0.4, -0.2) is 9.97 Å². The topological polar surface area (TPSA) is 65.7 Å². The van der Waals surface area contributed by atoms with Gasteiger partial charge in [-0.2, -0.15) is 0 Å². The molecular weight excluding hydrogens is 271 g/mol. The number of hydrogen-bond donors (Lipinski definition) is 2. The maximum absolute atomic E-state index is 11.4. The van der Waals surface area contributed by atoms with E-state index in [1.807, 2.05) is 0 Å². The fraction of sp³-hybridized carbons (Fsp3) is 0. The van der Waals surface area contributed by atoms with Crippen molar-refractivity contribution in [1.29, 1.82) is 0 Å². The van der Waals surface area contributed by atoms with Crippen LogP contribution in [0.1, 0.15) is 0 Å². The van der Waals surface area contributed by atoms with Gasteiger partial charge >= 0.3 is 5.69 Å². The minimum absolute atomic E-state index is 0.345. The first kappa shape index (κ1) is 9.48. The molecule has 0 spiro atoms. The zero-order valence-electron chi connectivity index (χ0n) is 6.73. The van der Waals surface area contributed by atoms with Crippen LogP contribution in [0.25, 0.3) is 10.9 Å². The molecule has 14 heavy (non-hydrogen) atoms. The van der Waals surface area contributed by atoms with Crippen LogP contribution in [-0.2, 0) is 0 Å². The Morgan fingerprint density at radius 3 is 2.64 bits per heavy atom. The molecule has 0 bridgehead atoms. The van der Waals surface area contributed by atoms with E-state index in [1.54, 1.807) is 12.1 Å². The third-order valence-corrected chi connectivity index (χ3v) is 3.16. The molecule has 0 unspecified atom stereocenters. The highest BCUT2D eigenvalue weighted by atomic mass is 79.9. The first-order chi connectivity index (χ1) is 6.59. The monoisotopic (exact) mass is 274 g/mol. The summed E-state index contributed by atoms with van der Waals surface area (Å²) in [6, 6.07) is 3.18. The first-order valence-corrected chi connectivity index (χ1v) is 4.87. The first-order valence-electron chi connectivity index (χ1n) is 3.70. The van der Waals surface area contributed by atoms with Crippen molar-refractivity contribution in [2.24, 2.45) is 0 Å². The summed E-state index contributed by atoms with van der Waals surface area (Å²) in [6.45, 7) is 0. The van der Waals surface area contributed by atoms with Gasteiger partial charge in [0.1, 0.15) is 0 Å². The van der Waals surface area contributed by atoms with Crippen LogP contribution in [0.2, 0.25) is 5.02 Å². The smallest absolute Gasteiger partial charge is 0.307 e. The molecule has 2 rings (SSSR count). The normalized spacial score (nSPS) is 10.7. The van der Waals surface area contributed by atoms with Crippen molar-refractivity contribution >= 4 is 38.4 Å². The second-order valence-electron chi connectivity index (χ2n) is 2.69. The standard InChI is InChI=1S/C8H4BrClN2O2/c9-6-3(10)1-2-4-5(6)7(13)12-8(14)11-4/h1-2H,(H2,11,12,13,14). The molecule has 0 radical (unpaired) electrons. The van der Waals surface area contributed by atoms with E-state index >= 15 is 0 Å². The predicted octanol–water partition coefficient (Wildman–Crippen LogP) is 1.63. The summed E-state index contributed by atoms with van der Waals surface area (Å²) < 4.78 is 0.481. The van der Waals surface area contributed by atoms with Crippen molar-refractivity contribution in [3.05, 3.63) is 42.5 Å². The minimum Gasteiger partial charge on any atom is -0.307 e. The van der Waals surface area contributed by atoms with Crippen LogP contribution in [0.15, 0.2) is 26.2 Å². The van der Waals surface area contributed by atoms with E-state index in [0.717, 1.165) is 0 Å². The third-order valence-electron chi connectivity index (χ3n) is 1.80. The molecule has 0 atom stereocenters. The van der Waals surface area contributed by atoms with Crippen molar-refractivity contribution in [2.45, 2.75) is 0 Å². The molecule has 72 valence electrons. The highest BCUT2D eigenvalue weighted by Crippen LogP contribution is 2.27. The Morgan fingerprint density at radius 1 is 1.21 bits per heavy atom. The molecule has 1 aromatic carbocycles. The van der Waals surface area contributed by atoms with Gasteiger partial charge < -0.3 is 4.98 Å². The molecule has 2 N–H and O–H groups in total. The molecule has 0 amide bonds. The molecule has 4 nitrogen and oxygen atoms in total. The average molecular weight is 275 g/mol. The van der Waals surface area contributed by atoms with Gasteiger partial charge in [0.15, 0.2) is 0 Å².